The van der Waals surface area contributed by atoms with Gasteiger partial charge in [0.2, 0.25) is 0 Å². The first kappa shape index (κ1) is 13.7. The number of aromatic carboxylic acids is 1. The number of carbonyl (C=O) groups is 1. The minimum atomic E-state index is -0.904. The second-order valence-corrected chi connectivity index (χ2v) is 5.55. The number of carboxylic acids is 1. The maximum atomic E-state index is 11.1. The van der Waals surface area contributed by atoms with Gasteiger partial charge in [-0.15, -0.1) is 0 Å². The number of fused-ring (bicyclic) bond motifs is 1. The normalized spacial score (nSPS) is 13.8. The summed E-state index contributed by atoms with van der Waals surface area (Å²) in [6.07, 6.45) is 3.53. The van der Waals surface area contributed by atoms with Crippen molar-refractivity contribution in [3.8, 4) is 0 Å². The molecule has 21 heavy (non-hydrogen) atoms. The van der Waals surface area contributed by atoms with Gasteiger partial charge in [0.1, 0.15) is 0 Å². The summed E-state index contributed by atoms with van der Waals surface area (Å²) in [6.45, 7) is 3.51. The van der Waals surface area contributed by atoms with E-state index < -0.39 is 5.97 Å². The number of aryl methyl sites for hydroxylation is 3. The lowest BCUT2D eigenvalue weighted by Gasteiger charge is -2.11. The first-order chi connectivity index (χ1) is 10.1. The molecule has 5 nitrogen and oxygen atoms in total. The minimum Gasteiger partial charge on any atom is -0.478 e. The average Bonchev–Trinajstić information content (AvgIpc) is 2.87. The molecule has 0 saturated heterocycles. The van der Waals surface area contributed by atoms with Crippen LogP contribution in [0.2, 0.25) is 0 Å². The quantitative estimate of drug-likeness (QED) is 0.906. The molecule has 0 amide bonds. The zero-order chi connectivity index (χ0) is 14.8. The maximum Gasteiger partial charge on any atom is 0.335 e. The Hall–Kier alpha value is -2.30. The molecule has 0 spiro atoms. The van der Waals surface area contributed by atoms with E-state index in [2.05, 4.69) is 21.2 Å². The maximum absolute atomic E-state index is 11.1. The second-order valence-electron chi connectivity index (χ2n) is 5.55. The van der Waals surface area contributed by atoms with Gasteiger partial charge in [-0.1, -0.05) is 0 Å². The standard InChI is InChI=1S/C16H19N3O2/c1-11-6-12(16(20)21)8-13(7-11)17-10-14-9-15-4-2-3-5-19(15)18-14/h6-9,17H,2-5,10H2,1H3,(H,20,21). The van der Waals surface area contributed by atoms with Crippen molar-refractivity contribution in [2.45, 2.75) is 39.3 Å². The Morgan fingerprint density at radius 1 is 1.33 bits per heavy atom. The van der Waals surface area contributed by atoms with Crippen LogP contribution in [-0.4, -0.2) is 20.9 Å². The van der Waals surface area contributed by atoms with E-state index in [0.717, 1.165) is 29.9 Å². The molecule has 2 N–H and O–H groups in total. The number of nitrogens with one attached hydrogen (secondary N) is 1. The van der Waals surface area contributed by atoms with Gasteiger partial charge in [0.15, 0.2) is 0 Å². The van der Waals surface area contributed by atoms with Crippen molar-refractivity contribution in [3.63, 3.8) is 0 Å². The lowest BCUT2D eigenvalue weighted by atomic mass is 10.1. The molecule has 1 aliphatic rings. The van der Waals surface area contributed by atoms with Crippen LogP contribution in [0.4, 0.5) is 5.69 Å². The Morgan fingerprint density at radius 2 is 2.19 bits per heavy atom. The minimum absolute atomic E-state index is 0.307. The molecule has 5 heteroatoms. The number of aromatic nitrogens is 2. The van der Waals surface area contributed by atoms with E-state index in [0.29, 0.717) is 12.1 Å². The van der Waals surface area contributed by atoms with Crippen molar-refractivity contribution in [2.75, 3.05) is 5.32 Å². The molecule has 3 rings (SSSR count). The molecule has 1 aliphatic heterocycles. The van der Waals surface area contributed by atoms with Crippen LogP contribution in [0.15, 0.2) is 24.3 Å². The summed E-state index contributed by atoms with van der Waals surface area (Å²) in [6, 6.07) is 7.41. The molecule has 1 aromatic heterocycles. The van der Waals surface area contributed by atoms with Gasteiger partial charge < -0.3 is 10.4 Å². The predicted molar refractivity (Wildman–Crippen MR) is 80.6 cm³/mol. The van der Waals surface area contributed by atoms with E-state index in [9.17, 15) is 4.79 Å². The van der Waals surface area contributed by atoms with Gasteiger partial charge >= 0.3 is 5.97 Å². The summed E-state index contributed by atoms with van der Waals surface area (Å²) in [5.41, 5.74) is 4.36. The molecule has 0 radical (unpaired) electrons. The summed E-state index contributed by atoms with van der Waals surface area (Å²) >= 11 is 0. The molecule has 0 aliphatic carbocycles. The van der Waals surface area contributed by atoms with Crippen molar-refractivity contribution in [1.82, 2.24) is 9.78 Å². The van der Waals surface area contributed by atoms with Crippen molar-refractivity contribution in [2.24, 2.45) is 0 Å². The molecular weight excluding hydrogens is 266 g/mol. The molecule has 2 heterocycles. The summed E-state index contributed by atoms with van der Waals surface area (Å²) in [5, 5.41) is 16.9. The van der Waals surface area contributed by atoms with E-state index in [4.69, 9.17) is 5.11 Å². The predicted octanol–water partition coefficient (Wildman–Crippen LogP) is 2.84. The molecule has 0 atom stereocenters. The van der Waals surface area contributed by atoms with E-state index >= 15 is 0 Å². The van der Waals surface area contributed by atoms with Crippen LogP contribution in [0.3, 0.4) is 0 Å². The first-order valence-corrected chi connectivity index (χ1v) is 7.26. The highest BCUT2D eigenvalue weighted by molar-refractivity contribution is 5.89. The van der Waals surface area contributed by atoms with E-state index in [1.54, 1.807) is 12.1 Å². The Balaban J connectivity index is 1.72. The van der Waals surface area contributed by atoms with Gasteiger partial charge in [0.05, 0.1) is 17.8 Å². The molecule has 110 valence electrons. The fourth-order valence-corrected chi connectivity index (χ4v) is 2.77. The SMILES string of the molecule is Cc1cc(NCc2cc3n(n2)CCCC3)cc(C(=O)O)c1. The smallest absolute Gasteiger partial charge is 0.335 e. The number of hydrogen-bond donors (Lipinski definition) is 2. The Morgan fingerprint density at radius 3 is 2.95 bits per heavy atom. The van der Waals surface area contributed by atoms with Gasteiger partial charge in [-0.3, -0.25) is 4.68 Å². The van der Waals surface area contributed by atoms with Gasteiger partial charge in [-0.2, -0.15) is 5.10 Å². The summed E-state index contributed by atoms with van der Waals surface area (Å²) in [7, 11) is 0. The number of anilines is 1. The molecular formula is C16H19N3O2. The molecule has 2 aromatic rings. The largest absolute Gasteiger partial charge is 0.478 e. The Bertz CT molecular complexity index is 653. The number of benzene rings is 1. The third kappa shape index (κ3) is 3.07. The number of carboxylic acid groups (broad SMARTS) is 1. The average molecular weight is 285 g/mol. The number of rotatable bonds is 4. The Kier molecular flexibility index (Phi) is 3.64. The molecule has 0 unspecified atom stereocenters. The van der Waals surface area contributed by atoms with Crippen molar-refractivity contribution in [1.29, 1.82) is 0 Å². The first-order valence-electron chi connectivity index (χ1n) is 7.26. The number of hydrogen-bond acceptors (Lipinski definition) is 3. The topological polar surface area (TPSA) is 67.2 Å². The van der Waals surface area contributed by atoms with E-state index in [-0.39, 0.29) is 0 Å². The van der Waals surface area contributed by atoms with E-state index in [1.165, 1.54) is 18.5 Å². The van der Waals surface area contributed by atoms with Crippen molar-refractivity contribution < 1.29 is 9.90 Å². The van der Waals surface area contributed by atoms with Crippen LogP contribution in [-0.2, 0) is 19.5 Å². The summed E-state index contributed by atoms with van der Waals surface area (Å²) in [5.74, 6) is -0.904. The van der Waals surface area contributed by atoms with Crippen molar-refractivity contribution >= 4 is 11.7 Å². The van der Waals surface area contributed by atoms with E-state index in [1.807, 2.05) is 13.0 Å². The third-order valence-electron chi connectivity index (χ3n) is 3.76. The van der Waals surface area contributed by atoms with Gasteiger partial charge in [0.25, 0.3) is 0 Å². The lowest BCUT2D eigenvalue weighted by molar-refractivity contribution is 0.0697. The highest BCUT2D eigenvalue weighted by atomic mass is 16.4. The number of nitrogens with zero attached hydrogens (tertiary/aromatic N) is 2. The zero-order valence-electron chi connectivity index (χ0n) is 12.1. The molecule has 0 fully saturated rings. The highest BCUT2D eigenvalue weighted by Crippen LogP contribution is 2.18. The van der Waals surface area contributed by atoms with Crippen LogP contribution in [0, 0.1) is 6.92 Å². The fourth-order valence-electron chi connectivity index (χ4n) is 2.77. The van der Waals surface area contributed by atoms with Crippen LogP contribution in [0.25, 0.3) is 0 Å². The highest BCUT2D eigenvalue weighted by Gasteiger charge is 2.12. The van der Waals surface area contributed by atoms with Gasteiger partial charge in [0, 0.05) is 17.9 Å². The van der Waals surface area contributed by atoms with Gasteiger partial charge in [-0.05, 0) is 56.0 Å². The van der Waals surface area contributed by atoms with Gasteiger partial charge in [-0.25, -0.2) is 4.79 Å². The summed E-state index contributed by atoms with van der Waals surface area (Å²) in [4.78, 5) is 11.1. The Labute approximate surface area is 123 Å². The third-order valence-corrected chi connectivity index (χ3v) is 3.76. The fraction of sp³-hybridized carbons (Fsp3) is 0.375. The monoisotopic (exact) mass is 285 g/mol. The molecule has 0 saturated carbocycles. The van der Waals surface area contributed by atoms with Crippen LogP contribution >= 0.6 is 0 Å². The lowest BCUT2D eigenvalue weighted by Crippen LogP contribution is -2.11. The second kappa shape index (κ2) is 5.60. The molecule has 0 bridgehead atoms. The van der Waals surface area contributed by atoms with Crippen LogP contribution in [0.5, 0.6) is 0 Å². The summed E-state index contributed by atoms with van der Waals surface area (Å²) < 4.78 is 2.08. The van der Waals surface area contributed by atoms with Crippen molar-refractivity contribution in [3.05, 3.63) is 46.8 Å². The van der Waals surface area contributed by atoms with Crippen LogP contribution < -0.4 is 5.32 Å². The zero-order valence-corrected chi connectivity index (χ0v) is 12.1. The molecule has 1 aromatic carbocycles. The van der Waals surface area contributed by atoms with Crippen LogP contribution in [0.1, 0.15) is 40.2 Å².